The van der Waals surface area contributed by atoms with Crippen LogP contribution in [0.15, 0.2) is 84.4 Å². The van der Waals surface area contributed by atoms with Gasteiger partial charge in [0.1, 0.15) is 11.6 Å². The lowest BCUT2D eigenvalue weighted by Gasteiger charge is -2.05. The molecule has 3 aromatic rings. The number of carbonyl (C=O) groups excluding carboxylic acids is 1. The Hall–Kier alpha value is -3.35. The van der Waals surface area contributed by atoms with Gasteiger partial charge in [-0.15, -0.1) is 0 Å². The minimum absolute atomic E-state index is 0.0346. The Morgan fingerprint density at radius 1 is 0.885 bits per heavy atom. The van der Waals surface area contributed by atoms with Crippen molar-refractivity contribution >= 4 is 29.3 Å². The predicted molar refractivity (Wildman–Crippen MR) is 106 cm³/mol. The van der Waals surface area contributed by atoms with Gasteiger partial charge in [0.05, 0.1) is 0 Å². The summed E-state index contributed by atoms with van der Waals surface area (Å²) in [7, 11) is 0. The molecule has 0 saturated heterocycles. The molecular formula is C22H15ClN2O. The molecule has 0 radical (unpaired) electrons. The van der Waals surface area contributed by atoms with E-state index >= 15 is 0 Å². The van der Waals surface area contributed by atoms with Gasteiger partial charge in [0.15, 0.2) is 0 Å². The molecule has 4 heteroatoms. The van der Waals surface area contributed by atoms with Crippen LogP contribution in [-0.4, -0.2) is 5.91 Å². The van der Waals surface area contributed by atoms with E-state index in [1.165, 1.54) is 0 Å². The van der Waals surface area contributed by atoms with Gasteiger partial charge in [-0.05, 0) is 47.0 Å². The molecule has 0 spiro atoms. The second-order valence-corrected chi connectivity index (χ2v) is 6.06. The quantitative estimate of drug-likeness (QED) is 0.490. The van der Waals surface area contributed by atoms with E-state index in [1.54, 1.807) is 30.3 Å². The molecule has 0 aromatic heterocycles. The summed E-state index contributed by atoms with van der Waals surface area (Å²) in [6.45, 7) is 0. The van der Waals surface area contributed by atoms with Crippen LogP contribution in [0.5, 0.6) is 0 Å². The number of nitrogens with one attached hydrogen (secondary N) is 1. The van der Waals surface area contributed by atoms with Gasteiger partial charge in [-0.3, -0.25) is 4.79 Å². The van der Waals surface area contributed by atoms with E-state index in [2.05, 4.69) is 5.32 Å². The lowest BCUT2D eigenvalue weighted by molar-refractivity contribution is -0.112. The first-order valence-corrected chi connectivity index (χ1v) is 8.38. The highest BCUT2D eigenvalue weighted by molar-refractivity contribution is 6.30. The van der Waals surface area contributed by atoms with Crippen LogP contribution in [0.1, 0.15) is 5.56 Å². The van der Waals surface area contributed by atoms with Crippen molar-refractivity contribution in [3.63, 3.8) is 0 Å². The van der Waals surface area contributed by atoms with Crippen LogP contribution in [0.25, 0.3) is 17.2 Å². The summed E-state index contributed by atoms with van der Waals surface area (Å²) in [5.74, 6) is -0.457. The van der Waals surface area contributed by atoms with E-state index in [-0.39, 0.29) is 5.57 Å². The van der Waals surface area contributed by atoms with E-state index in [4.69, 9.17) is 11.6 Å². The zero-order chi connectivity index (χ0) is 18.4. The lowest BCUT2D eigenvalue weighted by atomic mass is 10.0. The Morgan fingerprint density at radius 3 is 2.12 bits per heavy atom. The highest BCUT2D eigenvalue weighted by atomic mass is 35.5. The van der Waals surface area contributed by atoms with Crippen molar-refractivity contribution in [1.82, 2.24) is 0 Å². The van der Waals surface area contributed by atoms with Crippen molar-refractivity contribution in [1.29, 1.82) is 5.26 Å². The molecule has 0 atom stereocenters. The van der Waals surface area contributed by atoms with Crippen LogP contribution in [0.4, 0.5) is 5.69 Å². The largest absolute Gasteiger partial charge is 0.321 e. The molecule has 26 heavy (non-hydrogen) atoms. The second kappa shape index (κ2) is 8.15. The Morgan fingerprint density at radius 2 is 1.50 bits per heavy atom. The van der Waals surface area contributed by atoms with E-state index in [0.29, 0.717) is 10.7 Å². The zero-order valence-electron chi connectivity index (χ0n) is 13.8. The Labute approximate surface area is 157 Å². The molecule has 0 saturated carbocycles. The molecule has 0 heterocycles. The van der Waals surface area contributed by atoms with Crippen molar-refractivity contribution in [2.24, 2.45) is 0 Å². The van der Waals surface area contributed by atoms with Gasteiger partial charge < -0.3 is 5.32 Å². The maximum Gasteiger partial charge on any atom is 0.266 e. The third-order valence-corrected chi connectivity index (χ3v) is 4.05. The summed E-state index contributed by atoms with van der Waals surface area (Å²) in [5.41, 5.74) is 3.59. The Bertz CT molecular complexity index is 969. The number of amides is 1. The molecule has 0 fully saturated rings. The predicted octanol–water partition coefficient (Wildman–Crippen LogP) is 5.55. The summed E-state index contributed by atoms with van der Waals surface area (Å²) in [6, 6.07) is 26.4. The van der Waals surface area contributed by atoms with Crippen molar-refractivity contribution < 1.29 is 4.79 Å². The summed E-state index contributed by atoms with van der Waals surface area (Å²) in [5, 5.41) is 12.6. The average molecular weight is 359 g/mol. The van der Waals surface area contributed by atoms with E-state index in [9.17, 15) is 10.1 Å². The smallest absolute Gasteiger partial charge is 0.266 e. The van der Waals surface area contributed by atoms with E-state index in [0.717, 1.165) is 16.7 Å². The number of carbonyl (C=O) groups is 1. The van der Waals surface area contributed by atoms with Crippen LogP contribution >= 0.6 is 11.6 Å². The molecule has 126 valence electrons. The first-order chi connectivity index (χ1) is 12.7. The van der Waals surface area contributed by atoms with Gasteiger partial charge in [-0.1, -0.05) is 66.2 Å². The standard InChI is InChI=1S/C22H15ClN2O/c23-20-10-12-21(13-11-20)25-22(26)19(15-24)14-16-6-8-18(9-7-16)17-4-2-1-3-5-17/h1-14H,(H,25,26)/b19-14+. The summed E-state index contributed by atoms with van der Waals surface area (Å²) >= 11 is 5.83. The molecule has 1 N–H and O–H groups in total. The minimum atomic E-state index is -0.457. The SMILES string of the molecule is N#C/C(=C\c1ccc(-c2ccccc2)cc1)C(=O)Nc1ccc(Cl)cc1. The van der Waals surface area contributed by atoms with Crippen LogP contribution in [0.3, 0.4) is 0 Å². The highest BCUT2D eigenvalue weighted by Crippen LogP contribution is 2.20. The molecule has 0 aliphatic carbocycles. The van der Waals surface area contributed by atoms with Gasteiger partial charge in [0.2, 0.25) is 0 Å². The van der Waals surface area contributed by atoms with Gasteiger partial charge in [0, 0.05) is 10.7 Å². The number of hydrogen-bond acceptors (Lipinski definition) is 2. The van der Waals surface area contributed by atoms with Crippen LogP contribution in [-0.2, 0) is 4.79 Å². The monoisotopic (exact) mass is 358 g/mol. The number of anilines is 1. The lowest BCUT2D eigenvalue weighted by Crippen LogP contribution is -2.13. The number of hydrogen-bond donors (Lipinski definition) is 1. The maximum absolute atomic E-state index is 12.3. The average Bonchev–Trinajstić information content (AvgIpc) is 2.69. The molecule has 0 aliphatic rings. The fourth-order valence-corrected chi connectivity index (χ4v) is 2.58. The zero-order valence-corrected chi connectivity index (χ0v) is 14.6. The summed E-state index contributed by atoms with van der Waals surface area (Å²) in [6.07, 6.45) is 1.57. The van der Waals surface area contributed by atoms with Crippen molar-refractivity contribution in [3.8, 4) is 17.2 Å². The normalized spacial score (nSPS) is 10.8. The summed E-state index contributed by atoms with van der Waals surface area (Å²) in [4.78, 5) is 12.3. The molecule has 1 amide bonds. The highest BCUT2D eigenvalue weighted by Gasteiger charge is 2.09. The van der Waals surface area contributed by atoms with Gasteiger partial charge in [-0.25, -0.2) is 0 Å². The van der Waals surface area contributed by atoms with Crippen LogP contribution in [0, 0.1) is 11.3 Å². The van der Waals surface area contributed by atoms with Crippen molar-refractivity contribution in [2.75, 3.05) is 5.32 Å². The number of rotatable bonds is 4. The Balaban J connectivity index is 1.77. The molecule has 0 unspecified atom stereocenters. The van der Waals surface area contributed by atoms with Crippen molar-refractivity contribution in [2.45, 2.75) is 0 Å². The fraction of sp³-hybridized carbons (Fsp3) is 0. The minimum Gasteiger partial charge on any atom is -0.321 e. The topological polar surface area (TPSA) is 52.9 Å². The van der Waals surface area contributed by atoms with Crippen molar-refractivity contribution in [3.05, 3.63) is 95.0 Å². The number of nitriles is 1. The molecule has 3 nitrogen and oxygen atoms in total. The first kappa shape index (κ1) is 17.5. The fourth-order valence-electron chi connectivity index (χ4n) is 2.45. The third-order valence-electron chi connectivity index (χ3n) is 3.80. The van der Waals surface area contributed by atoms with E-state index < -0.39 is 5.91 Å². The molecule has 0 aliphatic heterocycles. The second-order valence-electron chi connectivity index (χ2n) is 5.62. The third kappa shape index (κ3) is 4.38. The van der Waals surface area contributed by atoms with Crippen LogP contribution in [0.2, 0.25) is 5.02 Å². The number of nitrogens with zero attached hydrogens (tertiary/aromatic N) is 1. The maximum atomic E-state index is 12.3. The summed E-state index contributed by atoms with van der Waals surface area (Å²) < 4.78 is 0. The van der Waals surface area contributed by atoms with Gasteiger partial charge in [-0.2, -0.15) is 5.26 Å². The van der Waals surface area contributed by atoms with Gasteiger partial charge >= 0.3 is 0 Å². The first-order valence-electron chi connectivity index (χ1n) is 8.00. The van der Waals surface area contributed by atoms with Gasteiger partial charge in [0.25, 0.3) is 5.91 Å². The van der Waals surface area contributed by atoms with E-state index in [1.807, 2.05) is 60.7 Å². The Kier molecular flexibility index (Phi) is 5.48. The molecule has 3 rings (SSSR count). The molecule has 3 aromatic carbocycles. The number of benzene rings is 3. The van der Waals surface area contributed by atoms with Crippen LogP contribution < -0.4 is 5.32 Å². The molecular weight excluding hydrogens is 344 g/mol. The molecule has 0 bridgehead atoms. The number of halogens is 1.